The minimum atomic E-state index is -4.31. The standard InChI is InChI=1S/C8H9F3N2/c9-8(10,11)7-4-13(5-12-7)3-6-1-2-6/h4-6H,1-3H2. The van der Waals surface area contributed by atoms with Crippen LogP contribution in [0.15, 0.2) is 12.5 Å². The van der Waals surface area contributed by atoms with Gasteiger partial charge in [-0.1, -0.05) is 0 Å². The number of nitrogens with zero attached hydrogens (tertiary/aromatic N) is 2. The Morgan fingerprint density at radius 3 is 2.62 bits per heavy atom. The van der Waals surface area contributed by atoms with Crippen LogP contribution in [0.3, 0.4) is 0 Å². The molecule has 5 heteroatoms. The van der Waals surface area contributed by atoms with Gasteiger partial charge in [0.15, 0.2) is 5.69 Å². The Labute approximate surface area is 73.4 Å². The Morgan fingerprint density at radius 1 is 1.46 bits per heavy atom. The van der Waals surface area contributed by atoms with Crippen molar-refractivity contribution in [1.29, 1.82) is 0 Å². The molecule has 0 unspecified atom stereocenters. The molecular formula is C8H9F3N2. The molecule has 0 saturated heterocycles. The van der Waals surface area contributed by atoms with E-state index in [1.165, 1.54) is 10.9 Å². The fourth-order valence-electron chi connectivity index (χ4n) is 1.20. The molecule has 72 valence electrons. The molecule has 0 bridgehead atoms. The molecule has 2 rings (SSSR count). The molecular weight excluding hydrogens is 181 g/mol. The summed E-state index contributed by atoms with van der Waals surface area (Å²) in [6.45, 7) is 0.670. The SMILES string of the molecule is FC(F)(F)c1cn(CC2CC2)cn1. The van der Waals surface area contributed by atoms with Crippen molar-refractivity contribution in [3.05, 3.63) is 18.2 Å². The molecule has 0 aromatic carbocycles. The van der Waals surface area contributed by atoms with Crippen molar-refractivity contribution in [2.24, 2.45) is 5.92 Å². The smallest absolute Gasteiger partial charge is 0.337 e. The van der Waals surface area contributed by atoms with Crippen molar-refractivity contribution in [3.63, 3.8) is 0 Å². The van der Waals surface area contributed by atoms with Crippen LogP contribution in [0.2, 0.25) is 0 Å². The summed E-state index contributed by atoms with van der Waals surface area (Å²) in [5, 5.41) is 0. The number of halogens is 3. The molecule has 1 aliphatic rings. The lowest BCUT2D eigenvalue weighted by atomic mass is 10.4. The van der Waals surface area contributed by atoms with Gasteiger partial charge in [0.25, 0.3) is 0 Å². The van der Waals surface area contributed by atoms with E-state index in [-0.39, 0.29) is 0 Å². The molecule has 1 heterocycles. The molecule has 0 radical (unpaired) electrons. The van der Waals surface area contributed by atoms with Crippen LogP contribution in [0.5, 0.6) is 0 Å². The van der Waals surface area contributed by atoms with Crippen LogP contribution in [-0.4, -0.2) is 9.55 Å². The molecule has 1 aliphatic carbocycles. The number of hydrogen-bond acceptors (Lipinski definition) is 1. The van der Waals surface area contributed by atoms with E-state index in [4.69, 9.17) is 0 Å². The van der Waals surface area contributed by atoms with E-state index in [0.717, 1.165) is 19.0 Å². The lowest BCUT2D eigenvalue weighted by Gasteiger charge is -2.00. The summed E-state index contributed by atoms with van der Waals surface area (Å²) in [4.78, 5) is 3.31. The van der Waals surface area contributed by atoms with E-state index in [0.29, 0.717) is 12.5 Å². The van der Waals surface area contributed by atoms with Crippen LogP contribution in [0, 0.1) is 5.92 Å². The largest absolute Gasteiger partial charge is 0.434 e. The van der Waals surface area contributed by atoms with Gasteiger partial charge in [-0.25, -0.2) is 4.98 Å². The van der Waals surface area contributed by atoms with Gasteiger partial charge < -0.3 is 4.57 Å². The van der Waals surface area contributed by atoms with Gasteiger partial charge in [0.1, 0.15) is 0 Å². The van der Waals surface area contributed by atoms with E-state index in [9.17, 15) is 13.2 Å². The minimum Gasteiger partial charge on any atom is -0.337 e. The molecule has 13 heavy (non-hydrogen) atoms. The van der Waals surface area contributed by atoms with Crippen molar-refractivity contribution in [1.82, 2.24) is 9.55 Å². The lowest BCUT2D eigenvalue weighted by molar-refractivity contribution is -0.140. The average molecular weight is 190 g/mol. The second-order valence-electron chi connectivity index (χ2n) is 3.40. The maximum Gasteiger partial charge on any atom is 0.434 e. The Kier molecular flexibility index (Phi) is 1.82. The molecule has 1 aromatic rings. The molecule has 1 saturated carbocycles. The van der Waals surface area contributed by atoms with Crippen LogP contribution in [0.25, 0.3) is 0 Å². The van der Waals surface area contributed by atoms with Crippen molar-refractivity contribution in [2.45, 2.75) is 25.6 Å². The molecule has 2 nitrogen and oxygen atoms in total. The van der Waals surface area contributed by atoms with E-state index >= 15 is 0 Å². The van der Waals surface area contributed by atoms with Gasteiger partial charge in [-0.2, -0.15) is 13.2 Å². The number of rotatable bonds is 2. The van der Waals surface area contributed by atoms with E-state index in [1.807, 2.05) is 0 Å². The fourth-order valence-corrected chi connectivity index (χ4v) is 1.20. The topological polar surface area (TPSA) is 17.8 Å². The fraction of sp³-hybridized carbons (Fsp3) is 0.625. The first-order valence-electron chi connectivity index (χ1n) is 4.14. The maximum absolute atomic E-state index is 12.1. The molecule has 1 aromatic heterocycles. The highest BCUT2D eigenvalue weighted by molar-refractivity contribution is 5.01. The molecule has 0 N–H and O–H groups in total. The summed E-state index contributed by atoms with van der Waals surface area (Å²) >= 11 is 0. The van der Waals surface area contributed by atoms with Gasteiger partial charge >= 0.3 is 6.18 Å². The van der Waals surface area contributed by atoms with Crippen molar-refractivity contribution in [2.75, 3.05) is 0 Å². The Balaban J connectivity index is 2.08. The normalized spacial score (nSPS) is 17.8. The predicted molar refractivity (Wildman–Crippen MR) is 40.0 cm³/mol. The number of alkyl halides is 3. The van der Waals surface area contributed by atoms with Gasteiger partial charge in [-0.05, 0) is 18.8 Å². The van der Waals surface area contributed by atoms with Gasteiger partial charge in [0.05, 0.1) is 6.33 Å². The molecule has 0 spiro atoms. The van der Waals surface area contributed by atoms with Crippen LogP contribution >= 0.6 is 0 Å². The number of imidazole rings is 1. The monoisotopic (exact) mass is 190 g/mol. The second-order valence-corrected chi connectivity index (χ2v) is 3.40. The third-order valence-corrected chi connectivity index (χ3v) is 2.09. The van der Waals surface area contributed by atoms with Gasteiger partial charge in [0, 0.05) is 12.7 Å². The highest BCUT2D eigenvalue weighted by Gasteiger charge is 2.33. The van der Waals surface area contributed by atoms with Crippen LogP contribution in [0.4, 0.5) is 13.2 Å². The Hall–Kier alpha value is -1.00. The molecule has 0 aliphatic heterocycles. The summed E-state index contributed by atoms with van der Waals surface area (Å²) in [5.41, 5.74) is -0.798. The average Bonchev–Trinajstić information content (AvgIpc) is 2.63. The Morgan fingerprint density at radius 2 is 2.15 bits per heavy atom. The Bertz CT molecular complexity index is 299. The number of hydrogen-bond donors (Lipinski definition) is 0. The third kappa shape index (κ3) is 2.02. The molecule has 1 fully saturated rings. The van der Waals surface area contributed by atoms with Crippen LogP contribution in [-0.2, 0) is 12.7 Å². The van der Waals surface area contributed by atoms with Crippen molar-refractivity contribution >= 4 is 0 Å². The first kappa shape index (κ1) is 8.59. The zero-order valence-electron chi connectivity index (χ0n) is 6.88. The van der Waals surface area contributed by atoms with Crippen molar-refractivity contribution in [3.8, 4) is 0 Å². The third-order valence-electron chi connectivity index (χ3n) is 2.09. The van der Waals surface area contributed by atoms with Crippen LogP contribution in [0.1, 0.15) is 18.5 Å². The maximum atomic E-state index is 12.1. The highest BCUT2D eigenvalue weighted by Crippen LogP contribution is 2.32. The quantitative estimate of drug-likeness (QED) is 0.699. The van der Waals surface area contributed by atoms with Crippen molar-refractivity contribution < 1.29 is 13.2 Å². The summed E-state index contributed by atoms with van der Waals surface area (Å²) < 4.78 is 37.7. The summed E-state index contributed by atoms with van der Waals surface area (Å²) in [6.07, 6.45) is 0.257. The second kappa shape index (κ2) is 2.75. The molecule has 0 amide bonds. The van der Waals surface area contributed by atoms with Gasteiger partial charge in [-0.3, -0.25) is 0 Å². The summed E-state index contributed by atoms with van der Waals surface area (Å²) in [7, 11) is 0. The highest BCUT2D eigenvalue weighted by atomic mass is 19.4. The minimum absolute atomic E-state index is 0.565. The lowest BCUT2D eigenvalue weighted by Crippen LogP contribution is -2.05. The summed E-state index contributed by atoms with van der Waals surface area (Å²) in [6, 6.07) is 0. The zero-order chi connectivity index (χ0) is 9.47. The van der Waals surface area contributed by atoms with Crippen LogP contribution < -0.4 is 0 Å². The first-order chi connectivity index (χ1) is 6.05. The van der Waals surface area contributed by atoms with Gasteiger partial charge in [-0.15, -0.1) is 0 Å². The van der Waals surface area contributed by atoms with E-state index in [2.05, 4.69) is 4.98 Å². The predicted octanol–water partition coefficient (Wildman–Crippen LogP) is 2.31. The zero-order valence-corrected chi connectivity index (χ0v) is 6.88. The summed E-state index contributed by atoms with van der Waals surface area (Å²) in [5.74, 6) is 0.565. The van der Waals surface area contributed by atoms with E-state index in [1.54, 1.807) is 0 Å². The van der Waals surface area contributed by atoms with Gasteiger partial charge in [0.2, 0.25) is 0 Å². The first-order valence-corrected chi connectivity index (χ1v) is 4.14. The molecule has 0 atom stereocenters. The number of aromatic nitrogens is 2. The van der Waals surface area contributed by atoms with E-state index < -0.39 is 11.9 Å².